The predicted octanol–water partition coefficient (Wildman–Crippen LogP) is 4.93. The van der Waals surface area contributed by atoms with Crippen molar-refractivity contribution in [2.75, 3.05) is 11.9 Å². The van der Waals surface area contributed by atoms with E-state index in [1.165, 1.54) is 10.6 Å². The molecule has 1 amide bonds. The molecule has 0 aliphatic carbocycles. The number of amides is 1. The van der Waals surface area contributed by atoms with Crippen molar-refractivity contribution >= 4 is 11.6 Å². The van der Waals surface area contributed by atoms with Crippen LogP contribution in [0, 0.1) is 0 Å². The highest BCUT2D eigenvalue weighted by Gasteiger charge is 2.12. The Morgan fingerprint density at radius 1 is 0.906 bits per heavy atom. The average molecular weight is 430 g/mol. The first kappa shape index (κ1) is 21.0. The molecular weight excluding hydrogens is 408 g/mol. The van der Waals surface area contributed by atoms with Gasteiger partial charge >= 0.3 is 0 Å². The Hall–Kier alpha value is -4.26. The van der Waals surface area contributed by atoms with Gasteiger partial charge in [0, 0.05) is 18.0 Å². The second-order valence-electron chi connectivity index (χ2n) is 6.92. The molecule has 162 valence electrons. The van der Waals surface area contributed by atoms with Crippen molar-refractivity contribution in [1.82, 2.24) is 4.57 Å². The van der Waals surface area contributed by atoms with Crippen LogP contribution in [0.1, 0.15) is 23.2 Å². The number of hydrogen-bond donors (Lipinski definition) is 1. The van der Waals surface area contributed by atoms with E-state index in [0.717, 1.165) is 5.75 Å². The van der Waals surface area contributed by atoms with Crippen molar-refractivity contribution in [2.24, 2.45) is 0 Å². The number of aromatic nitrogens is 1. The van der Waals surface area contributed by atoms with Crippen LogP contribution in [0.5, 0.6) is 17.2 Å². The summed E-state index contributed by atoms with van der Waals surface area (Å²) in [5, 5.41) is 2.79. The Morgan fingerprint density at radius 2 is 1.59 bits per heavy atom. The zero-order valence-corrected chi connectivity index (χ0v) is 17.5. The number of hydrogen-bond acceptors (Lipinski definition) is 5. The van der Waals surface area contributed by atoms with Gasteiger partial charge in [0.05, 0.1) is 13.2 Å². The standard InChI is InChI=1S/C25H22N2O5/c1-2-30-19-10-12-21(13-11-19)31-20-8-6-18(7-9-20)26-25(29)23-15-14-22(32-23)17-27-16-4-3-5-24(27)28/h3-16H,2,17H2,1H3,(H,26,29). The molecule has 4 aromatic rings. The normalized spacial score (nSPS) is 10.5. The van der Waals surface area contributed by atoms with Gasteiger partial charge in [0.2, 0.25) is 0 Å². The first-order valence-electron chi connectivity index (χ1n) is 10.2. The van der Waals surface area contributed by atoms with Gasteiger partial charge in [-0.3, -0.25) is 9.59 Å². The Morgan fingerprint density at radius 3 is 2.28 bits per heavy atom. The maximum absolute atomic E-state index is 12.5. The first-order chi connectivity index (χ1) is 15.6. The van der Waals surface area contributed by atoms with Crippen LogP contribution >= 0.6 is 0 Å². The van der Waals surface area contributed by atoms with Crippen LogP contribution in [-0.4, -0.2) is 17.1 Å². The van der Waals surface area contributed by atoms with Crippen molar-refractivity contribution in [2.45, 2.75) is 13.5 Å². The van der Waals surface area contributed by atoms with Crippen LogP contribution < -0.4 is 20.3 Å². The fraction of sp³-hybridized carbons (Fsp3) is 0.120. The maximum atomic E-state index is 12.5. The molecule has 32 heavy (non-hydrogen) atoms. The van der Waals surface area contributed by atoms with Gasteiger partial charge in [-0.25, -0.2) is 0 Å². The number of pyridine rings is 1. The molecule has 2 heterocycles. The van der Waals surface area contributed by atoms with Crippen LogP contribution in [0.4, 0.5) is 5.69 Å². The topological polar surface area (TPSA) is 82.7 Å². The number of benzene rings is 2. The number of carbonyl (C=O) groups is 1. The third-order valence-corrected chi connectivity index (χ3v) is 4.59. The highest BCUT2D eigenvalue weighted by molar-refractivity contribution is 6.02. The maximum Gasteiger partial charge on any atom is 0.291 e. The van der Waals surface area contributed by atoms with E-state index in [2.05, 4.69) is 5.32 Å². The van der Waals surface area contributed by atoms with Gasteiger partial charge in [-0.2, -0.15) is 0 Å². The van der Waals surface area contributed by atoms with Gasteiger partial charge in [0.15, 0.2) is 5.76 Å². The monoisotopic (exact) mass is 430 g/mol. The summed E-state index contributed by atoms with van der Waals surface area (Å²) >= 11 is 0. The summed E-state index contributed by atoms with van der Waals surface area (Å²) in [4.78, 5) is 24.3. The number of anilines is 1. The van der Waals surface area contributed by atoms with E-state index in [4.69, 9.17) is 13.9 Å². The van der Waals surface area contributed by atoms with Crippen LogP contribution in [0.25, 0.3) is 0 Å². The van der Waals surface area contributed by atoms with Crippen molar-refractivity contribution in [1.29, 1.82) is 0 Å². The zero-order valence-electron chi connectivity index (χ0n) is 17.5. The molecule has 0 spiro atoms. The van der Waals surface area contributed by atoms with E-state index in [-0.39, 0.29) is 23.8 Å². The molecule has 0 unspecified atom stereocenters. The van der Waals surface area contributed by atoms with E-state index >= 15 is 0 Å². The number of carbonyl (C=O) groups excluding carboxylic acids is 1. The highest BCUT2D eigenvalue weighted by Crippen LogP contribution is 2.25. The van der Waals surface area contributed by atoms with Crippen molar-refractivity contribution in [3.05, 3.63) is 107 Å². The third kappa shape index (κ3) is 5.26. The van der Waals surface area contributed by atoms with Crippen LogP contribution in [0.15, 0.2) is 94.3 Å². The summed E-state index contributed by atoms with van der Waals surface area (Å²) in [5.74, 6) is 2.42. The lowest BCUT2D eigenvalue weighted by molar-refractivity contribution is 0.0994. The molecule has 2 aromatic carbocycles. The molecule has 2 aromatic heterocycles. The largest absolute Gasteiger partial charge is 0.494 e. The summed E-state index contributed by atoms with van der Waals surface area (Å²) in [6.07, 6.45) is 1.67. The molecule has 0 aliphatic rings. The van der Waals surface area contributed by atoms with Gasteiger partial charge in [-0.15, -0.1) is 0 Å². The number of ether oxygens (including phenoxy) is 2. The lowest BCUT2D eigenvalue weighted by atomic mass is 10.3. The van der Waals surface area contributed by atoms with Crippen molar-refractivity contribution in [3.8, 4) is 17.2 Å². The molecule has 7 heteroatoms. The molecule has 0 aliphatic heterocycles. The third-order valence-electron chi connectivity index (χ3n) is 4.59. The van der Waals surface area contributed by atoms with Crippen molar-refractivity contribution in [3.63, 3.8) is 0 Å². The fourth-order valence-electron chi connectivity index (χ4n) is 3.05. The molecule has 0 radical (unpaired) electrons. The average Bonchev–Trinajstić information content (AvgIpc) is 3.27. The quantitative estimate of drug-likeness (QED) is 0.428. The SMILES string of the molecule is CCOc1ccc(Oc2ccc(NC(=O)c3ccc(Cn4ccccc4=O)o3)cc2)cc1. The molecular formula is C25H22N2O5. The predicted molar refractivity (Wildman–Crippen MR) is 121 cm³/mol. The minimum atomic E-state index is -0.378. The Balaban J connectivity index is 1.35. The van der Waals surface area contributed by atoms with Crippen molar-refractivity contribution < 1.29 is 18.7 Å². The van der Waals surface area contributed by atoms with E-state index in [9.17, 15) is 9.59 Å². The number of furan rings is 1. The van der Waals surface area contributed by atoms with Crippen LogP contribution in [-0.2, 0) is 6.54 Å². The van der Waals surface area contributed by atoms with Crippen LogP contribution in [0.3, 0.4) is 0 Å². The Kier molecular flexibility index (Phi) is 6.36. The van der Waals surface area contributed by atoms with Crippen LogP contribution in [0.2, 0.25) is 0 Å². The fourth-order valence-corrected chi connectivity index (χ4v) is 3.05. The summed E-state index contributed by atoms with van der Waals surface area (Å²) in [6, 6.07) is 22.6. The smallest absolute Gasteiger partial charge is 0.291 e. The van der Waals surface area contributed by atoms with Gasteiger partial charge in [0.25, 0.3) is 11.5 Å². The van der Waals surface area contributed by atoms with Gasteiger partial charge in [-0.05, 0) is 73.7 Å². The molecule has 0 bridgehead atoms. The second kappa shape index (κ2) is 9.70. The molecule has 0 saturated carbocycles. The minimum Gasteiger partial charge on any atom is -0.494 e. The zero-order chi connectivity index (χ0) is 22.3. The molecule has 0 fully saturated rings. The molecule has 7 nitrogen and oxygen atoms in total. The Bertz CT molecular complexity index is 1240. The summed E-state index contributed by atoms with van der Waals surface area (Å²) < 4.78 is 18.3. The summed E-state index contributed by atoms with van der Waals surface area (Å²) in [6.45, 7) is 2.80. The highest BCUT2D eigenvalue weighted by atomic mass is 16.5. The van der Waals surface area contributed by atoms with Gasteiger partial charge in [0.1, 0.15) is 23.0 Å². The first-order valence-corrected chi connectivity index (χ1v) is 10.2. The number of nitrogens with zero attached hydrogens (tertiary/aromatic N) is 1. The molecule has 0 atom stereocenters. The lowest BCUT2D eigenvalue weighted by Crippen LogP contribution is -2.18. The van der Waals surface area contributed by atoms with E-state index in [1.807, 2.05) is 31.2 Å². The second-order valence-corrected chi connectivity index (χ2v) is 6.92. The van der Waals surface area contributed by atoms with E-state index in [1.54, 1.807) is 54.7 Å². The lowest BCUT2D eigenvalue weighted by Gasteiger charge is -2.08. The summed E-state index contributed by atoms with van der Waals surface area (Å²) in [5.41, 5.74) is 0.466. The van der Waals surface area contributed by atoms with Gasteiger partial charge in [-0.1, -0.05) is 6.07 Å². The molecule has 1 N–H and O–H groups in total. The van der Waals surface area contributed by atoms with Gasteiger partial charge < -0.3 is 23.8 Å². The number of nitrogens with one attached hydrogen (secondary N) is 1. The van der Waals surface area contributed by atoms with E-state index in [0.29, 0.717) is 29.6 Å². The molecule has 4 rings (SSSR count). The number of rotatable bonds is 8. The summed E-state index contributed by atoms with van der Waals surface area (Å²) in [7, 11) is 0. The molecule has 0 saturated heterocycles. The minimum absolute atomic E-state index is 0.137. The van der Waals surface area contributed by atoms with E-state index < -0.39 is 0 Å². The Labute approximate surface area is 184 Å².